The van der Waals surface area contributed by atoms with Crippen molar-refractivity contribution in [1.29, 1.82) is 0 Å². The average Bonchev–Trinajstić information content (AvgIpc) is 2.15. The number of hydrogen-bond acceptors (Lipinski definition) is 5. The van der Waals surface area contributed by atoms with Gasteiger partial charge < -0.3 is 4.74 Å². The number of pyridine rings is 1. The van der Waals surface area contributed by atoms with Crippen molar-refractivity contribution in [2.45, 2.75) is 5.75 Å². The third kappa shape index (κ3) is 3.85. The highest BCUT2D eigenvalue weighted by Crippen LogP contribution is 2.08. The van der Waals surface area contributed by atoms with Crippen molar-refractivity contribution in [3.8, 4) is 0 Å². The molecular formula is C8H8ClNO4S. The molecule has 0 aromatic carbocycles. The maximum atomic E-state index is 11.0. The van der Waals surface area contributed by atoms with Crippen LogP contribution in [0.3, 0.4) is 0 Å². The lowest BCUT2D eigenvalue weighted by Crippen LogP contribution is -2.04. The van der Waals surface area contributed by atoms with Crippen molar-refractivity contribution < 1.29 is 17.9 Å². The number of carbonyl (C=O) groups is 1. The number of methoxy groups -OCH3 is 1. The minimum atomic E-state index is -3.62. The minimum absolute atomic E-state index is 0.258. The van der Waals surface area contributed by atoms with Crippen LogP contribution in [0.25, 0.3) is 0 Å². The molecule has 7 heteroatoms. The van der Waals surface area contributed by atoms with Crippen LogP contribution in [0.5, 0.6) is 0 Å². The number of esters is 1. The van der Waals surface area contributed by atoms with Crippen LogP contribution < -0.4 is 0 Å². The van der Waals surface area contributed by atoms with E-state index in [-0.39, 0.29) is 17.0 Å². The highest BCUT2D eigenvalue weighted by Gasteiger charge is 2.10. The first kappa shape index (κ1) is 11.9. The van der Waals surface area contributed by atoms with E-state index in [1.54, 1.807) is 0 Å². The van der Waals surface area contributed by atoms with Crippen molar-refractivity contribution in [2.75, 3.05) is 7.11 Å². The third-order valence-electron chi connectivity index (χ3n) is 1.57. The molecule has 15 heavy (non-hydrogen) atoms. The number of carbonyl (C=O) groups excluding carboxylic acids is 1. The molecule has 0 amide bonds. The smallest absolute Gasteiger partial charge is 0.339 e. The zero-order valence-corrected chi connectivity index (χ0v) is 9.38. The van der Waals surface area contributed by atoms with Gasteiger partial charge in [-0.05, 0) is 12.1 Å². The maximum absolute atomic E-state index is 11.0. The fraction of sp³-hybridized carbons (Fsp3) is 0.250. The molecule has 82 valence electrons. The fourth-order valence-corrected chi connectivity index (χ4v) is 1.78. The van der Waals surface area contributed by atoms with E-state index >= 15 is 0 Å². The molecule has 0 aliphatic heterocycles. The number of nitrogens with zero attached hydrogens (tertiary/aromatic N) is 1. The topological polar surface area (TPSA) is 73.3 Å². The molecule has 0 spiro atoms. The summed E-state index contributed by atoms with van der Waals surface area (Å²) in [5, 5.41) is 0. The van der Waals surface area contributed by atoms with E-state index in [4.69, 9.17) is 10.7 Å². The Kier molecular flexibility index (Phi) is 3.65. The van der Waals surface area contributed by atoms with E-state index in [0.717, 1.165) is 0 Å². The normalized spacial score (nSPS) is 11.1. The molecule has 0 radical (unpaired) electrons. The molecule has 1 aromatic rings. The maximum Gasteiger partial charge on any atom is 0.339 e. The summed E-state index contributed by atoms with van der Waals surface area (Å²) in [5.41, 5.74) is 0.533. The Labute approximate surface area is 91.5 Å². The van der Waals surface area contributed by atoms with Crippen molar-refractivity contribution in [3.05, 3.63) is 29.6 Å². The van der Waals surface area contributed by atoms with Crippen LogP contribution >= 0.6 is 10.7 Å². The molecule has 0 fully saturated rings. The average molecular weight is 250 g/mol. The van der Waals surface area contributed by atoms with Gasteiger partial charge in [-0.25, -0.2) is 13.2 Å². The molecule has 1 aromatic heterocycles. The molecule has 0 bridgehead atoms. The Hall–Kier alpha value is -1.14. The number of aromatic nitrogens is 1. The molecular weight excluding hydrogens is 242 g/mol. The highest BCUT2D eigenvalue weighted by molar-refractivity contribution is 8.13. The molecule has 0 saturated carbocycles. The van der Waals surface area contributed by atoms with E-state index in [2.05, 4.69) is 9.72 Å². The summed E-state index contributed by atoms with van der Waals surface area (Å²) in [4.78, 5) is 14.8. The number of ether oxygens (including phenoxy) is 1. The fourth-order valence-electron chi connectivity index (χ4n) is 0.925. The summed E-state index contributed by atoms with van der Waals surface area (Å²) in [7, 11) is 2.67. The first-order valence-corrected chi connectivity index (χ1v) is 6.36. The van der Waals surface area contributed by atoms with Gasteiger partial charge >= 0.3 is 5.97 Å². The van der Waals surface area contributed by atoms with Gasteiger partial charge in [-0.1, -0.05) is 0 Å². The van der Waals surface area contributed by atoms with E-state index in [9.17, 15) is 13.2 Å². The summed E-state index contributed by atoms with van der Waals surface area (Å²) in [6, 6.07) is 2.84. The molecule has 0 N–H and O–H groups in total. The van der Waals surface area contributed by atoms with Gasteiger partial charge in [0.25, 0.3) is 0 Å². The molecule has 5 nitrogen and oxygen atoms in total. The number of rotatable bonds is 3. The van der Waals surface area contributed by atoms with Crippen LogP contribution in [0, 0.1) is 0 Å². The molecule has 0 aliphatic rings. The monoisotopic (exact) mass is 249 g/mol. The molecule has 1 rings (SSSR count). The van der Waals surface area contributed by atoms with Crippen molar-refractivity contribution >= 4 is 25.7 Å². The summed E-state index contributed by atoms with van der Waals surface area (Å²) in [6.07, 6.45) is 1.24. The Balaban J connectivity index is 2.86. The van der Waals surface area contributed by atoms with Crippen LogP contribution in [0.1, 0.15) is 16.1 Å². The van der Waals surface area contributed by atoms with Crippen LogP contribution in [0.4, 0.5) is 0 Å². The first-order valence-electron chi connectivity index (χ1n) is 3.88. The zero-order valence-electron chi connectivity index (χ0n) is 7.81. The van der Waals surface area contributed by atoms with Crippen LogP contribution in [0.2, 0.25) is 0 Å². The van der Waals surface area contributed by atoms with E-state index in [1.807, 2.05) is 0 Å². The number of hydrogen-bond donors (Lipinski definition) is 0. The molecule has 1 heterocycles. The van der Waals surface area contributed by atoms with Gasteiger partial charge in [0.05, 0.1) is 18.4 Å². The number of halogens is 1. The summed E-state index contributed by atoms with van der Waals surface area (Å²) < 4.78 is 25.9. The van der Waals surface area contributed by atoms with Gasteiger partial charge in [0.15, 0.2) is 0 Å². The summed E-state index contributed by atoms with van der Waals surface area (Å²) >= 11 is 0. The predicted octanol–water partition coefficient (Wildman–Crippen LogP) is 0.937. The van der Waals surface area contributed by atoms with Crippen LogP contribution in [-0.2, 0) is 19.5 Å². The second-order valence-corrected chi connectivity index (χ2v) is 5.49. The van der Waals surface area contributed by atoms with Gasteiger partial charge in [-0.15, -0.1) is 0 Å². The Morgan fingerprint density at radius 1 is 1.53 bits per heavy atom. The molecule has 0 atom stereocenters. The van der Waals surface area contributed by atoms with Gasteiger partial charge in [-0.2, -0.15) is 0 Å². The molecule has 0 saturated heterocycles. The van der Waals surface area contributed by atoms with Crippen molar-refractivity contribution in [1.82, 2.24) is 4.98 Å². The molecule has 0 unspecified atom stereocenters. The first-order chi connectivity index (χ1) is 6.92. The van der Waals surface area contributed by atoms with Crippen molar-refractivity contribution in [3.63, 3.8) is 0 Å². The predicted molar refractivity (Wildman–Crippen MR) is 54.1 cm³/mol. The van der Waals surface area contributed by atoms with Crippen molar-refractivity contribution in [2.24, 2.45) is 0 Å². The van der Waals surface area contributed by atoms with Gasteiger partial charge in [0.1, 0.15) is 5.75 Å². The van der Waals surface area contributed by atoms with Crippen LogP contribution in [0.15, 0.2) is 18.3 Å². The van der Waals surface area contributed by atoms with E-state index in [0.29, 0.717) is 0 Å². The summed E-state index contributed by atoms with van der Waals surface area (Å²) in [5.74, 6) is -0.890. The Morgan fingerprint density at radius 3 is 2.60 bits per heavy atom. The standard InChI is InChI=1S/C8H8ClNO4S/c1-14-8(11)6-2-3-7(10-4-6)5-15(9,12)13/h2-4H,5H2,1H3. The van der Waals surface area contributed by atoms with Gasteiger partial charge in [0.2, 0.25) is 9.05 Å². The Bertz CT molecular complexity index is 454. The van der Waals surface area contributed by atoms with Gasteiger partial charge in [-0.3, -0.25) is 4.98 Å². The SMILES string of the molecule is COC(=O)c1ccc(CS(=O)(=O)Cl)nc1. The van der Waals surface area contributed by atoms with Crippen LogP contribution in [-0.4, -0.2) is 26.5 Å². The second-order valence-electron chi connectivity index (χ2n) is 2.71. The van der Waals surface area contributed by atoms with E-state index in [1.165, 1.54) is 25.4 Å². The lowest BCUT2D eigenvalue weighted by molar-refractivity contribution is 0.0600. The largest absolute Gasteiger partial charge is 0.465 e. The lowest BCUT2D eigenvalue weighted by atomic mass is 10.2. The second kappa shape index (κ2) is 4.59. The van der Waals surface area contributed by atoms with E-state index < -0.39 is 15.0 Å². The third-order valence-corrected chi connectivity index (χ3v) is 2.53. The Morgan fingerprint density at radius 2 is 2.20 bits per heavy atom. The quantitative estimate of drug-likeness (QED) is 0.589. The summed E-state index contributed by atoms with van der Waals surface area (Å²) in [6.45, 7) is 0. The highest BCUT2D eigenvalue weighted by atomic mass is 35.7. The zero-order chi connectivity index (χ0) is 11.5. The lowest BCUT2D eigenvalue weighted by Gasteiger charge is -2.00. The van der Waals surface area contributed by atoms with Gasteiger partial charge in [0, 0.05) is 16.9 Å². The molecule has 0 aliphatic carbocycles. The minimum Gasteiger partial charge on any atom is -0.465 e.